The van der Waals surface area contributed by atoms with Gasteiger partial charge >= 0.3 is 0 Å². The second kappa shape index (κ2) is 5.54. The molecule has 106 valence electrons. The lowest BCUT2D eigenvalue weighted by molar-refractivity contribution is 0.0998. The molecule has 0 aliphatic rings. The van der Waals surface area contributed by atoms with Crippen LogP contribution in [0, 0.1) is 6.92 Å². The number of carbonyl (C=O) groups excluding carboxylic acids is 1. The Kier molecular flexibility index (Phi) is 3.74. The van der Waals surface area contributed by atoms with E-state index >= 15 is 0 Å². The fraction of sp³-hybridized carbons (Fsp3) is 0.0625. The van der Waals surface area contributed by atoms with Crippen molar-refractivity contribution in [3.63, 3.8) is 0 Å². The van der Waals surface area contributed by atoms with Gasteiger partial charge in [-0.25, -0.2) is 0 Å². The Bertz CT molecular complexity index is 841. The van der Waals surface area contributed by atoms with Gasteiger partial charge in [-0.1, -0.05) is 29.8 Å². The van der Waals surface area contributed by atoms with Gasteiger partial charge in [-0.3, -0.25) is 4.79 Å². The van der Waals surface area contributed by atoms with E-state index in [1.165, 1.54) is 0 Å². The van der Waals surface area contributed by atoms with Crippen LogP contribution < -0.4 is 5.32 Å². The molecule has 0 saturated heterocycles. The van der Waals surface area contributed by atoms with Gasteiger partial charge in [0, 0.05) is 16.1 Å². The van der Waals surface area contributed by atoms with E-state index in [9.17, 15) is 4.79 Å². The zero-order valence-electron chi connectivity index (χ0n) is 11.1. The maximum absolute atomic E-state index is 12.3. The van der Waals surface area contributed by atoms with Gasteiger partial charge in [-0.2, -0.15) is 0 Å². The molecule has 0 unspecified atom stereocenters. The summed E-state index contributed by atoms with van der Waals surface area (Å²) in [7, 11) is 0. The van der Waals surface area contributed by atoms with E-state index in [2.05, 4.69) is 21.2 Å². The molecule has 1 amide bonds. The number of hydrogen-bond acceptors (Lipinski definition) is 2. The Labute approximate surface area is 135 Å². The first-order chi connectivity index (χ1) is 10.0. The minimum atomic E-state index is -0.302. The van der Waals surface area contributed by atoms with Gasteiger partial charge in [0.1, 0.15) is 5.58 Å². The Morgan fingerprint density at radius 3 is 2.81 bits per heavy atom. The van der Waals surface area contributed by atoms with Crippen LogP contribution in [0.5, 0.6) is 0 Å². The van der Waals surface area contributed by atoms with Crippen molar-refractivity contribution in [1.29, 1.82) is 0 Å². The molecule has 1 aromatic heterocycles. The van der Waals surface area contributed by atoms with Gasteiger partial charge < -0.3 is 9.73 Å². The first-order valence-corrected chi connectivity index (χ1v) is 7.47. The molecule has 2 aromatic carbocycles. The number of para-hydroxylation sites is 1. The van der Waals surface area contributed by atoms with Gasteiger partial charge in [0.15, 0.2) is 5.76 Å². The molecule has 0 bridgehead atoms. The van der Waals surface area contributed by atoms with Gasteiger partial charge in [0.25, 0.3) is 5.91 Å². The summed E-state index contributed by atoms with van der Waals surface area (Å²) in [6, 6.07) is 12.7. The number of hydrogen-bond donors (Lipinski definition) is 1. The monoisotopic (exact) mass is 363 g/mol. The lowest BCUT2D eigenvalue weighted by Crippen LogP contribution is -2.11. The molecule has 0 radical (unpaired) electrons. The predicted molar refractivity (Wildman–Crippen MR) is 88.1 cm³/mol. The van der Waals surface area contributed by atoms with Crippen LogP contribution in [0.25, 0.3) is 11.0 Å². The summed E-state index contributed by atoms with van der Waals surface area (Å²) in [6.07, 6.45) is 0. The highest BCUT2D eigenvalue weighted by Crippen LogP contribution is 2.28. The molecule has 0 saturated carbocycles. The highest BCUT2D eigenvalue weighted by Gasteiger charge is 2.14. The van der Waals surface area contributed by atoms with E-state index < -0.39 is 0 Å². The molecule has 21 heavy (non-hydrogen) atoms. The zero-order chi connectivity index (χ0) is 15.0. The average Bonchev–Trinajstić information content (AvgIpc) is 2.88. The van der Waals surface area contributed by atoms with Crippen molar-refractivity contribution in [1.82, 2.24) is 0 Å². The number of amides is 1. The fourth-order valence-electron chi connectivity index (χ4n) is 2.05. The van der Waals surface area contributed by atoms with Gasteiger partial charge in [-0.15, -0.1) is 0 Å². The van der Waals surface area contributed by atoms with E-state index in [0.717, 1.165) is 15.4 Å². The van der Waals surface area contributed by atoms with Gasteiger partial charge in [-0.05, 0) is 52.7 Å². The SMILES string of the molecule is Cc1ccc(Cl)cc1NC(=O)c1cc2cccc(Br)c2o1. The maximum Gasteiger partial charge on any atom is 0.291 e. The lowest BCUT2D eigenvalue weighted by Gasteiger charge is -2.07. The van der Waals surface area contributed by atoms with Crippen molar-refractivity contribution in [3.05, 3.63) is 63.3 Å². The highest BCUT2D eigenvalue weighted by atomic mass is 79.9. The molecule has 0 spiro atoms. The van der Waals surface area contributed by atoms with Crippen LogP contribution >= 0.6 is 27.5 Å². The third kappa shape index (κ3) is 2.82. The number of nitrogens with one attached hydrogen (secondary N) is 1. The van der Waals surface area contributed by atoms with Crippen LogP contribution in [0.3, 0.4) is 0 Å². The van der Waals surface area contributed by atoms with E-state index in [1.54, 1.807) is 18.2 Å². The number of halogens is 2. The zero-order valence-corrected chi connectivity index (χ0v) is 13.5. The minimum absolute atomic E-state index is 0.260. The quantitative estimate of drug-likeness (QED) is 0.660. The Morgan fingerprint density at radius 2 is 2.05 bits per heavy atom. The fourth-order valence-corrected chi connectivity index (χ4v) is 2.69. The molecular formula is C16H11BrClNO2. The minimum Gasteiger partial charge on any atom is -0.450 e. The van der Waals surface area contributed by atoms with Gasteiger partial charge in [0.05, 0.1) is 4.47 Å². The standard InChI is InChI=1S/C16H11BrClNO2/c1-9-5-6-11(18)8-13(9)19-16(20)14-7-10-3-2-4-12(17)15(10)21-14/h2-8H,1H3,(H,19,20). The van der Waals surface area contributed by atoms with Gasteiger partial charge in [0.2, 0.25) is 0 Å². The Balaban J connectivity index is 1.93. The van der Waals surface area contributed by atoms with Crippen molar-refractivity contribution in [2.45, 2.75) is 6.92 Å². The molecule has 1 N–H and O–H groups in total. The molecular weight excluding hydrogens is 354 g/mol. The lowest BCUT2D eigenvalue weighted by atomic mass is 10.2. The van der Waals surface area contributed by atoms with E-state index in [0.29, 0.717) is 16.3 Å². The van der Waals surface area contributed by atoms with Crippen molar-refractivity contribution >= 4 is 50.1 Å². The van der Waals surface area contributed by atoms with Crippen molar-refractivity contribution in [2.24, 2.45) is 0 Å². The van der Waals surface area contributed by atoms with E-state index in [-0.39, 0.29) is 11.7 Å². The topological polar surface area (TPSA) is 42.2 Å². The van der Waals surface area contributed by atoms with E-state index in [4.69, 9.17) is 16.0 Å². The molecule has 3 aromatic rings. The number of fused-ring (bicyclic) bond motifs is 1. The van der Waals surface area contributed by atoms with Crippen LogP contribution in [0.1, 0.15) is 16.1 Å². The second-order valence-electron chi connectivity index (χ2n) is 4.68. The summed E-state index contributed by atoms with van der Waals surface area (Å²) in [4.78, 5) is 12.3. The largest absolute Gasteiger partial charge is 0.450 e. The third-order valence-electron chi connectivity index (χ3n) is 3.17. The summed E-state index contributed by atoms with van der Waals surface area (Å²) >= 11 is 9.35. The van der Waals surface area contributed by atoms with Crippen molar-refractivity contribution < 1.29 is 9.21 Å². The predicted octanol–water partition coefficient (Wildman–Crippen LogP) is 5.41. The number of rotatable bonds is 2. The molecule has 0 aliphatic carbocycles. The van der Waals surface area contributed by atoms with E-state index in [1.807, 2.05) is 31.2 Å². The van der Waals surface area contributed by atoms with Crippen molar-refractivity contribution in [2.75, 3.05) is 5.32 Å². The first-order valence-electron chi connectivity index (χ1n) is 6.30. The molecule has 0 atom stereocenters. The van der Waals surface area contributed by atoms with Crippen LogP contribution in [0.15, 0.2) is 51.4 Å². The van der Waals surface area contributed by atoms with Crippen LogP contribution in [-0.2, 0) is 0 Å². The third-order valence-corrected chi connectivity index (χ3v) is 4.03. The molecule has 1 heterocycles. The number of furan rings is 1. The Morgan fingerprint density at radius 1 is 1.24 bits per heavy atom. The maximum atomic E-state index is 12.3. The normalized spacial score (nSPS) is 10.8. The summed E-state index contributed by atoms with van der Waals surface area (Å²) in [5.41, 5.74) is 2.27. The molecule has 0 aliphatic heterocycles. The summed E-state index contributed by atoms with van der Waals surface area (Å²) < 4.78 is 6.43. The Hall–Kier alpha value is -1.78. The van der Waals surface area contributed by atoms with Crippen LogP contribution in [0.2, 0.25) is 5.02 Å². The molecule has 0 fully saturated rings. The van der Waals surface area contributed by atoms with Crippen LogP contribution in [-0.4, -0.2) is 5.91 Å². The number of benzene rings is 2. The molecule has 5 heteroatoms. The number of anilines is 1. The molecule has 3 rings (SSSR count). The summed E-state index contributed by atoms with van der Waals surface area (Å²) in [6.45, 7) is 1.90. The molecule has 3 nitrogen and oxygen atoms in total. The van der Waals surface area contributed by atoms with Crippen LogP contribution in [0.4, 0.5) is 5.69 Å². The first kappa shape index (κ1) is 14.2. The van der Waals surface area contributed by atoms with Crippen molar-refractivity contribution in [3.8, 4) is 0 Å². The number of aryl methyl sites for hydroxylation is 1. The average molecular weight is 365 g/mol. The highest BCUT2D eigenvalue weighted by molar-refractivity contribution is 9.10. The summed E-state index contributed by atoms with van der Waals surface area (Å²) in [5.74, 6) is -0.0419. The summed E-state index contributed by atoms with van der Waals surface area (Å²) in [5, 5.41) is 4.26. The smallest absolute Gasteiger partial charge is 0.291 e. The second-order valence-corrected chi connectivity index (χ2v) is 5.97. The number of carbonyl (C=O) groups is 1.